The molecule has 0 saturated heterocycles. The molecule has 14 heavy (non-hydrogen) atoms. The first-order valence-electron chi connectivity index (χ1n) is 5.42. The Morgan fingerprint density at radius 3 is 2.00 bits per heavy atom. The van der Waals surface area contributed by atoms with Crippen molar-refractivity contribution in [2.45, 2.75) is 60.4 Å². The van der Waals surface area contributed by atoms with Gasteiger partial charge in [0.15, 0.2) is 0 Å². The van der Waals surface area contributed by atoms with Crippen LogP contribution in [0.4, 0.5) is 0 Å². The molecule has 2 nitrogen and oxygen atoms in total. The second-order valence-electron chi connectivity index (χ2n) is 5.93. The first kappa shape index (κ1) is 13.5. The van der Waals surface area contributed by atoms with E-state index in [4.69, 9.17) is 0 Å². The lowest BCUT2D eigenvalue weighted by Gasteiger charge is -2.36. The molecule has 1 atom stereocenters. The van der Waals surface area contributed by atoms with Gasteiger partial charge in [0.05, 0.1) is 0 Å². The first-order valence-corrected chi connectivity index (χ1v) is 5.42. The van der Waals surface area contributed by atoms with Gasteiger partial charge in [-0.2, -0.15) is 0 Å². The highest BCUT2D eigenvalue weighted by Crippen LogP contribution is 2.32. The fraction of sp³-hybridized carbons (Fsp3) is 0.917. The van der Waals surface area contributed by atoms with E-state index < -0.39 is 0 Å². The van der Waals surface area contributed by atoms with Gasteiger partial charge in [0.1, 0.15) is 0 Å². The van der Waals surface area contributed by atoms with Gasteiger partial charge >= 0.3 is 0 Å². The van der Waals surface area contributed by atoms with Crippen molar-refractivity contribution in [3.63, 3.8) is 0 Å². The summed E-state index contributed by atoms with van der Waals surface area (Å²) in [5.74, 6) is 0. The Bertz CT molecular complexity index is 179. The Morgan fingerprint density at radius 1 is 1.21 bits per heavy atom. The predicted molar refractivity (Wildman–Crippen MR) is 61.1 cm³/mol. The molecule has 0 spiro atoms. The van der Waals surface area contributed by atoms with Crippen LogP contribution in [-0.2, 0) is 4.79 Å². The Labute approximate surface area is 88.5 Å². The summed E-state index contributed by atoms with van der Waals surface area (Å²) in [6.45, 7) is 13.2. The van der Waals surface area contributed by atoms with Gasteiger partial charge in [-0.3, -0.25) is 4.79 Å². The third-order valence-electron chi connectivity index (χ3n) is 3.03. The van der Waals surface area contributed by atoms with E-state index in [0.29, 0.717) is 5.41 Å². The minimum absolute atomic E-state index is 0.132. The van der Waals surface area contributed by atoms with Crippen LogP contribution in [0.25, 0.3) is 0 Å². The Hall–Kier alpha value is -0.530. The molecule has 0 heterocycles. The largest absolute Gasteiger partial charge is 0.355 e. The molecule has 0 aliphatic carbocycles. The number of hydrogen-bond acceptors (Lipinski definition) is 1. The van der Waals surface area contributed by atoms with E-state index in [0.717, 1.165) is 19.3 Å². The molecule has 0 aromatic carbocycles. The Kier molecular flexibility index (Phi) is 4.63. The third-order valence-corrected chi connectivity index (χ3v) is 3.03. The summed E-state index contributed by atoms with van der Waals surface area (Å²) in [6, 6.07) is 0.259. The average molecular weight is 199 g/mol. The number of carbonyl (C=O) groups excluding carboxylic acids is 1. The van der Waals surface area contributed by atoms with E-state index in [-0.39, 0.29) is 11.5 Å². The molecule has 0 bridgehead atoms. The lowest BCUT2D eigenvalue weighted by atomic mass is 9.75. The van der Waals surface area contributed by atoms with Crippen LogP contribution in [0.5, 0.6) is 0 Å². The van der Waals surface area contributed by atoms with Crippen molar-refractivity contribution in [1.82, 2.24) is 5.32 Å². The summed E-state index contributed by atoms with van der Waals surface area (Å²) in [5.41, 5.74) is 0.432. The summed E-state index contributed by atoms with van der Waals surface area (Å²) in [7, 11) is 0. The average Bonchev–Trinajstić information content (AvgIpc) is 2.02. The second kappa shape index (κ2) is 4.81. The molecule has 1 amide bonds. The molecule has 0 saturated carbocycles. The highest BCUT2D eigenvalue weighted by Gasteiger charge is 2.29. The van der Waals surface area contributed by atoms with E-state index >= 15 is 0 Å². The van der Waals surface area contributed by atoms with Crippen molar-refractivity contribution in [3.05, 3.63) is 0 Å². The number of rotatable bonds is 5. The fourth-order valence-electron chi connectivity index (χ4n) is 1.39. The highest BCUT2D eigenvalue weighted by atomic mass is 16.1. The topological polar surface area (TPSA) is 29.1 Å². The smallest absolute Gasteiger partial charge is 0.207 e. The second-order valence-corrected chi connectivity index (χ2v) is 5.93. The van der Waals surface area contributed by atoms with Crippen LogP contribution < -0.4 is 5.32 Å². The quantitative estimate of drug-likeness (QED) is 0.678. The third kappa shape index (κ3) is 4.64. The van der Waals surface area contributed by atoms with Crippen molar-refractivity contribution in [2.24, 2.45) is 10.8 Å². The van der Waals surface area contributed by atoms with Gasteiger partial charge in [0.2, 0.25) is 6.41 Å². The number of carbonyl (C=O) groups is 1. The zero-order chi connectivity index (χ0) is 11.4. The predicted octanol–water partition coefficient (Wildman–Crippen LogP) is 2.97. The van der Waals surface area contributed by atoms with Crippen molar-refractivity contribution in [2.75, 3.05) is 0 Å². The van der Waals surface area contributed by atoms with Crippen LogP contribution in [0.1, 0.15) is 54.4 Å². The molecule has 0 aliphatic rings. The van der Waals surface area contributed by atoms with Crippen LogP contribution in [0.2, 0.25) is 0 Å². The van der Waals surface area contributed by atoms with E-state index in [2.05, 4.69) is 46.9 Å². The van der Waals surface area contributed by atoms with Gasteiger partial charge in [-0.1, -0.05) is 48.0 Å². The molecule has 0 aromatic heterocycles. The fourth-order valence-corrected chi connectivity index (χ4v) is 1.39. The number of hydrogen-bond donors (Lipinski definition) is 1. The van der Waals surface area contributed by atoms with Crippen molar-refractivity contribution < 1.29 is 4.79 Å². The molecule has 0 aromatic rings. The zero-order valence-electron chi connectivity index (χ0n) is 10.5. The molecular weight excluding hydrogens is 174 g/mol. The van der Waals surface area contributed by atoms with Gasteiger partial charge in [0, 0.05) is 6.04 Å². The van der Waals surface area contributed by atoms with Crippen LogP contribution in [0.3, 0.4) is 0 Å². The van der Waals surface area contributed by atoms with Crippen LogP contribution in [0, 0.1) is 10.8 Å². The molecule has 0 rings (SSSR count). The monoisotopic (exact) mass is 199 g/mol. The maximum Gasteiger partial charge on any atom is 0.207 e. The summed E-state index contributed by atoms with van der Waals surface area (Å²) >= 11 is 0. The van der Waals surface area contributed by atoms with Gasteiger partial charge in [-0.15, -0.1) is 0 Å². The molecule has 0 aliphatic heterocycles. The van der Waals surface area contributed by atoms with Gasteiger partial charge in [0.25, 0.3) is 0 Å². The van der Waals surface area contributed by atoms with Crippen LogP contribution in [-0.4, -0.2) is 12.5 Å². The van der Waals surface area contributed by atoms with Crippen molar-refractivity contribution in [1.29, 1.82) is 0 Å². The summed E-state index contributed by atoms with van der Waals surface area (Å²) in [6.07, 6.45) is 2.99. The van der Waals surface area contributed by atoms with Crippen LogP contribution >= 0.6 is 0 Å². The molecule has 2 heteroatoms. The molecule has 0 radical (unpaired) electrons. The summed E-state index contributed by atoms with van der Waals surface area (Å²) in [5, 5.41) is 2.93. The minimum atomic E-state index is 0.132. The standard InChI is InChI=1S/C12H25NO/c1-7-12(5,6)8-10(13-9-14)11(2,3)4/h9-10H,7-8H2,1-6H3,(H,13,14). The molecule has 84 valence electrons. The number of nitrogens with one attached hydrogen (secondary N) is 1. The van der Waals surface area contributed by atoms with Crippen molar-refractivity contribution in [3.8, 4) is 0 Å². The van der Waals surface area contributed by atoms with E-state index in [1.807, 2.05) is 0 Å². The highest BCUT2D eigenvalue weighted by molar-refractivity contribution is 5.46. The maximum atomic E-state index is 10.5. The SMILES string of the molecule is CCC(C)(C)CC(NC=O)C(C)(C)C. The van der Waals surface area contributed by atoms with E-state index in [9.17, 15) is 4.79 Å². The normalized spacial score (nSPS) is 15.0. The zero-order valence-corrected chi connectivity index (χ0v) is 10.5. The Balaban J connectivity index is 4.45. The Morgan fingerprint density at radius 2 is 1.71 bits per heavy atom. The maximum absolute atomic E-state index is 10.5. The van der Waals surface area contributed by atoms with Crippen molar-refractivity contribution >= 4 is 6.41 Å². The van der Waals surface area contributed by atoms with Crippen LogP contribution in [0.15, 0.2) is 0 Å². The lowest BCUT2D eigenvalue weighted by molar-refractivity contribution is -0.111. The minimum Gasteiger partial charge on any atom is -0.355 e. The van der Waals surface area contributed by atoms with E-state index in [1.165, 1.54) is 0 Å². The summed E-state index contributed by atoms with van der Waals surface area (Å²) in [4.78, 5) is 10.5. The molecular formula is C12H25NO. The van der Waals surface area contributed by atoms with Gasteiger partial charge < -0.3 is 5.32 Å². The van der Waals surface area contributed by atoms with Gasteiger partial charge in [-0.25, -0.2) is 0 Å². The van der Waals surface area contributed by atoms with Gasteiger partial charge in [-0.05, 0) is 17.3 Å². The number of amides is 1. The lowest BCUT2D eigenvalue weighted by Crippen LogP contribution is -2.42. The molecule has 0 fully saturated rings. The molecule has 1 N–H and O–H groups in total. The summed E-state index contributed by atoms with van der Waals surface area (Å²) < 4.78 is 0. The molecule has 1 unspecified atom stereocenters. The first-order chi connectivity index (χ1) is 6.23. The van der Waals surface area contributed by atoms with E-state index in [1.54, 1.807) is 0 Å².